The van der Waals surface area contributed by atoms with Gasteiger partial charge >= 0.3 is 5.97 Å². The van der Waals surface area contributed by atoms with Crippen LogP contribution >= 0.6 is 34.4 Å². The lowest BCUT2D eigenvalue weighted by molar-refractivity contribution is -0.145. The lowest BCUT2D eigenvalue weighted by atomic mass is 10.2. The number of hydrogen-bond acceptors (Lipinski definition) is 7. The molecule has 3 rings (SSSR count). The number of esters is 1. The minimum atomic E-state index is -0.474. The van der Waals surface area contributed by atoms with Crippen molar-refractivity contribution in [2.75, 3.05) is 20.3 Å². The van der Waals surface area contributed by atoms with Crippen molar-refractivity contribution < 1.29 is 28.2 Å². The molecule has 10 heteroatoms. The Labute approximate surface area is 196 Å². The van der Waals surface area contributed by atoms with Gasteiger partial charge in [0.05, 0.1) is 27.9 Å². The van der Waals surface area contributed by atoms with Gasteiger partial charge in [-0.3, -0.25) is 4.79 Å². The summed E-state index contributed by atoms with van der Waals surface area (Å²) in [7, 11) is 1.49. The first kappa shape index (κ1) is 23.1. The number of benzene rings is 2. The zero-order valence-corrected chi connectivity index (χ0v) is 19.6. The normalized spacial score (nSPS) is 15.8. The van der Waals surface area contributed by atoms with E-state index in [1.54, 1.807) is 25.1 Å². The van der Waals surface area contributed by atoms with Gasteiger partial charge in [0, 0.05) is 0 Å². The summed E-state index contributed by atoms with van der Waals surface area (Å²) in [6.07, 6.45) is 1.70. The van der Waals surface area contributed by atoms with Crippen LogP contribution in [0.5, 0.6) is 11.5 Å². The molecule has 1 aliphatic rings. The Kier molecular flexibility index (Phi) is 7.91. The second-order valence-corrected chi connectivity index (χ2v) is 8.28. The molecule has 0 bridgehead atoms. The van der Waals surface area contributed by atoms with E-state index in [1.807, 2.05) is 0 Å². The summed E-state index contributed by atoms with van der Waals surface area (Å²) < 4.78 is 29.5. The molecule has 7 nitrogen and oxygen atoms in total. The molecule has 2 aromatic rings. The van der Waals surface area contributed by atoms with Gasteiger partial charge in [-0.1, -0.05) is 0 Å². The number of nitrogens with zero attached hydrogens (tertiary/aromatic N) is 1. The molecule has 0 radical (unpaired) electrons. The van der Waals surface area contributed by atoms with Crippen molar-refractivity contribution in [2.24, 2.45) is 4.99 Å². The maximum absolute atomic E-state index is 13.0. The average molecular weight is 556 g/mol. The first-order valence-corrected chi connectivity index (χ1v) is 11.0. The topological polar surface area (TPSA) is 86.2 Å². The van der Waals surface area contributed by atoms with E-state index in [9.17, 15) is 14.0 Å². The third-order valence-corrected chi connectivity index (χ3v) is 5.61. The van der Waals surface area contributed by atoms with Gasteiger partial charge in [-0.15, -0.1) is 0 Å². The highest BCUT2D eigenvalue weighted by atomic mass is 127. The number of methoxy groups -OCH3 is 1. The summed E-state index contributed by atoms with van der Waals surface area (Å²) in [5, 5.41) is 3.09. The fourth-order valence-electron chi connectivity index (χ4n) is 2.56. The Morgan fingerprint density at radius 1 is 1.29 bits per heavy atom. The van der Waals surface area contributed by atoms with Crippen molar-refractivity contribution in [2.45, 2.75) is 6.92 Å². The average Bonchev–Trinajstić information content (AvgIpc) is 3.07. The van der Waals surface area contributed by atoms with Gasteiger partial charge in [0.2, 0.25) is 0 Å². The predicted octanol–water partition coefficient (Wildman–Crippen LogP) is 4.27. The molecule has 2 aromatic carbocycles. The van der Waals surface area contributed by atoms with Crippen LogP contribution in [0.1, 0.15) is 12.5 Å². The lowest BCUT2D eigenvalue weighted by Crippen LogP contribution is -2.19. The van der Waals surface area contributed by atoms with E-state index in [4.69, 9.17) is 14.2 Å². The second kappa shape index (κ2) is 10.6. The van der Waals surface area contributed by atoms with Gasteiger partial charge in [0.15, 0.2) is 23.3 Å². The molecule has 1 saturated heterocycles. The van der Waals surface area contributed by atoms with E-state index in [1.165, 1.54) is 43.1 Å². The fourth-order valence-corrected chi connectivity index (χ4v) is 4.18. The number of thioether (sulfide) groups is 1. The van der Waals surface area contributed by atoms with Crippen molar-refractivity contribution in [1.29, 1.82) is 0 Å². The third-order valence-electron chi connectivity index (χ3n) is 3.90. The zero-order chi connectivity index (χ0) is 22.4. The molecule has 0 aromatic heterocycles. The highest BCUT2D eigenvalue weighted by molar-refractivity contribution is 14.1. The van der Waals surface area contributed by atoms with E-state index in [-0.39, 0.29) is 24.9 Å². The molecule has 1 N–H and O–H groups in total. The Morgan fingerprint density at radius 2 is 2.03 bits per heavy atom. The predicted molar refractivity (Wildman–Crippen MR) is 125 cm³/mol. The molecular formula is C21H18FIN2O5S. The third kappa shape index (κ3) is 6.20. The molecule has 1 amide bonds. The van der Waals surface area contributed by atoms with Crippen molar-refractivity contribution in [3.8, 4) is 11.5 Å². The number of nitrogens with one attached hydrogen (secondary N) is 1. The molecule has 162 valence electrons. The van der Waals surface area contributed by atoms with Gasteiger partial charge in [0.1, 0.15) is 5.82 Å². The number of rotatable bonds is 7. The molecule has 0 aliphatic carbocycles. The lowest BCUT2D eigenvalue weighted by Gasteiger charge is -2.13. The fraction of sp³-hybridized carbons (Fsp3) is 0.190. The monoisotopic (exact) mass is 556 g/mol. The Balaban J connectivity index is 1.79. The van der Waals surface area contributed by atoms with Crippen molar-refractivity contribution in [1.82, 2.24) is 5.32 Å². The van der Waals surface area contributed by atoms with Gasteiger partial charge < -0.3 is 19.5 Å². The molecule has 1 aliphatic heterocycles. The summed E-state index contributed by atoms with van der Waals surface area (Å²) >= 11 is 3.25. The van der Waals surface area contributed by atoms with Crippen LogP contribution in [0.4, 0.5) is 10.1 Å². The highest BCUT2D eigenvalue weighted by Gasteiger charge is 2.24. The molecule has 1 heterocycles. The first-order valence-electron chi connectivity index (χ1n) is 9.10. The maximum atomic E-state index is 13.0. The number of carbonyl (C=O) groups is 2. The van der Waals surface area contributed by atoms with Crippen LogP contribution < -0.4 is 14.8 Å². The zero-order valence-electron chi connectivity index (χ0n) is 16.6. The molecule has 0 unspecified atom stereocenters. The molecule has 1 fully saturated rings. The molecule has 31 heavy (non-hydrogen) atoms. The minimum Gasteiger partial charge on any atom is -0.493 e. The summed E-state index contributed by atoms with van der Waals surface area (Å²) in [6, 6.07) is 9.17. The van der Waals surface area contributed by atoms with E-state index >= 15 is 0 Å². The summed E-state index contributed by atoms with van der Waals surface area (Å²) in [5.74, 6) is -0.279. The largest absolute Gasteiger partial charge is 0.493 e. The van der Waals surface area contributed by atoms with Crippen LogP contribution in [0.15, 0.2) is 46.3 Å². The number of carbonyl (C=O) groups excluding carboxylic acids is 2. The SMILES string of the molecule is CCOC(=O)COc1c(I)cc(/C=C2/SC(=Nc3ccc(F)cc3)NC2=O)cc1OC. The van der Waals surface area contributed by atoms with E-state index in [0.29, 0.717) is 36.4 Å². The van der Waals surface area contributed by atoms with Crippen LogP contribution in [0, 0.1) is 9.39 Å². The van der Waals surface area contributed by atoms with Crippen LogP contribution in [0.25, 0.3) is 6.08 Å². The smallest absolute Gasteiger partial charge is 0.344 e. The standard InChI is InChI=1S/C21H18FIN2O5S/c1-3-29-18(26)11-30-19-15(23)8-12(9-16(19)28-2)10-17-20(27)25-21(31-17)24-14-6-4-13(22)5-7-14/h4-10H,3,11H2,1-2H3,(H,24,25,27)/b17-10+. The van der Waals surface area contributed by atoms with Crippen LogP contribution in [-0.4, -0.2) is 37.4 Å². The minimum absolute atomic E-state index is 0.234. The Morgan fingerprint density at radius 3 is 2.71 bits per heavy atom. The van der Waals surface area contributed by atoms with Gasteiger partial charge in [0.25, 0.3) is 5.91 Å². The summed E-state index contributed by atoms with van der Waals surface area (Å²) in [4.78, 5) is 28.6. The van der Waals surface area contributed by atoms with E-state index < -0.39 is 5.97 Å². The van der Waals surface area contributed by atoms with Crippen molar-refractivity contribution in [3.05, 3.63) is 56.3 Å². The van der Waals surface area contributed by atoms with Crippen LogP contribution in [-0.2, 0) is 14.3 Å². The molecule has 0 atom stereocenters. The highest BCUT2D eigenvalue weighted by Crippen LogP contribution is 2.36. The van der Waals surface area contributed by atoms with Crippen LogP contribution in [0.2, 0.25) is 0 Å². The number of ether oxygens (including phenoxy) is 3. The van der Waals surface area contributed by atoms with Gasteiger partial charge in [-0.05, 0) is 89.3 Å². The number of amides is 1. The summed E-state index contributed by atoms with van der Waals surface area (Å²) in [5.41, 5.74) is 1.25. The van der Waals surface area contributed by atoms with Gasteiger partial charge in [-0.2, -0.15) is 0 Å². The quantitative estimate of drug-likeness (QED) is 0.312. The summed E-state index contributed by atoms with van der Waals surface area (Å²) in [6.45, 7) is 1.76. The molecule has 0 saturated carbocycles. The first-order chi connectivity index (χ1) is 14.9. The van der Waals surface area contributed by atoms with E-state index in [0.717, 1.165) is 0 Å². The molecular weight excluding hydrogens is 538 g/mol. The molecule has 0 spiro atoms. The maximum Gasteiger partial charge on any atom is 0.344 e. The van der Waals surface area contributed by atoms with Gasteiger partial charge in [-0.25, -0.2) is 14.2 Å². The van der Waals surface area contributed by atoms with Crippen LogP contribution in [0.3, 0.4) is 0 Å². The van der Waals surface area contributed by atoms with Crippen molar-refractivity contribution >= 4 is 63.2 Å². The number of aliphatic imine (C=N–C) groups is 1. The second-order valence-electron chi connectivity index (χ2n) is 6.09. The number of hydrogen-bond donors (Lipinski definition) is 1. The van der Waals surface area contributed by atoms with E-state index in [2.05, 4.69) is 32.9 Å². The number of amidine groups is 1. The Bertz CT molecular complexity index is 1060. The number of halogens is 2. The van der Waals surface area contributed by atoms with Crippen molar-refractivity contribution in [3.63, 3.8) is 0 Å². The Hall–Kier alpha value is -2.60.